The van der Waals surface area contributed by atoms with Crippen LogP contribution in [0.3, 0.4) is 0 Å². The van der Waals surface area contributed by atoms with Crippen LogP contribution in [-0.2, 0) is 4.79 Å². The lowest BCUT2D eigenvalue weighted by atomic mass is 10.1. The first kappa shape index (κ1) is 18.9. The van der Waals surface area contributed by atoms with Crippen LogP contribution in [0.1, 0.15) is 40.1 Å². The summed E-state index contributed by atoms with van der Waals surface area (Å²) in [6.07, 6.45) is 6.20. The van der Waals surface area contributed by atoms with Gasteiger partial charge >= 0.3 is 0 Å². The molecule has 2 aromatic rings. The molecule has 0 fully saturated rings. The van der Waals surface area contributed by atoms with Crippen molar-refractivity contribution in [2.45, 2.75) is 38.9 Å². The van der Waals surface area contributed by atoms with E-state index in [9.17, 15) is 15.0 Å². The first-order valence-corrected chi connectivity index (χ1v) is 13.4. The van der Waals surface area contributed by atoms with E-state index in [4.69, 9.17) is 22.1 Å². The number of aliphatic hydroxyl groups is 1. The lowest BCUT2D eigenvalue weighted by molar-refractivity contribution is -0.110. The van der Waals surface area contributed by atoms with E-state index in [0.717, 1.165) is 12.2 Å². The summed E-state index contributed by atoms with van der Waals surface area (Å²) in [5, 5.41) is 19.8. The van der Waals surface area contributed by atoms with Gasteiger partial charge in [-0.25, -0.2) is 0 Å². The molecule has 0 aliphatic rings. The van der Waals surface area contributed by atoms with Gasteiger partial charge in [-0.2, -0.15) is 0 Å². The minimum Gasteiger partial charge on any atom is -0.541 e. The molecule has 0 spiro atoms. The Morgan fingerprint density at radius 2 is 1.53 bits per heavy atom. The second-order valence-corrected chi connectivity index (χ2v) is 13.9. The highest BCUT2D eigenvalue weighted by molar-refractivity contribution is 6.74. The Bertz CT molecular complexity index is 1300. The first-order valence-electron chi connectivity index (χ1n) is 13.5. The van der Waals surface area contributed by atoms with E-state index < -0.39 is 28.2 Å². The Hall–Kier alpha value is -3.45. The van der Waals surface area contributed by atoms with Crippen LogP contribution >= 0.6 is 0 Å². The summed E-state index contributed by atoms with van der Waals surface area (Å²) in [5.74, 6) is -1.23. The van der Waals surface area contributed by atoms with E-state index in [-0.39, 0.29) is 28.0 Å². The Morgan fingerprint density at radius 3 is 2.18 bits per heavy atom. The molecule has 0 aromatic heterocycles. The number of hydrogen-bond acceptors (Lipinski definition) is 6. The molecule has 2 aromatic carbocycles. The number of carbonyl (C=O) groups is 1. The molecule has 7 heteroatoms. The van der Waals surface area contributed by atoms with Gasteiger partial charge in [-0.3, -0.25) is 4.79 Å². The fourth-order valence-electron chi connectivity index (χ4n) is 2.54. The van der Waals surface area contributed by atoms with Gasteiger partial charge in [0, 0.05) is 6.08 Å². The smallest absolute Gasteiger partial charge is 0.250 e. The van der Waals surface area contributed by atoms with Crippen molar-refractivity contribution in [1.82, 2.24) is 0 Å². The lowest BCUT2D eigenvalue weighted by Gasteiger charge is -2.36. The van der Waals surface area contributed by atoms with Gasteiger partial charge in [0.25, 0.3) is 8.32 Å². The van der Waals surface area contributed by atoms with Crippen LogP contribution in [0.2, 0.25) is 18.1 Å². The van der Waals surface area contributed by atoms with E-state index >= 15 is 0 Å². The van der Waals surface area contributed by atoms with Crippen LogP contribution in [0.25, 0.3) is 12.2 Å². The molecule has 0 aliphatic heterocycles. The molecule has 0 amide bonds. The van der Waals surface area contributed by atoms with Crippen molar-refractivity contribution in [2.24, 2.45) is 0 Å². The summed E-state index contributed by atoms with van der Waals surface area (Å²) < 4.78 is 60.2. The summed E-state index contributed by atoms with van der Waals surface area (Å²) >= 11 is 0. The van der Waals surface area contributed by atoms with Crippen molar-refractivity contribution in [3.63, 3.8) is 0 Å². The number of ether oxygens (including phenoxy) is 2. The highest BCUT2D eigenvalue weighted by Crippen LogP contribution is 2.40. The van der Waals surface area contributed by atoms with Crippen LogP contribution in [0.15, 0.2) is 60.4 Å². The largest absolute Gasteiger partial charge is 0.541 e. The monoisotopic (exact) mass is 488 g/mol. The molecular formula is C27H34O6Si. The van der Waals surface area contributed by atoms with Crippen LogP contribution in [0, 0.1) is 0 Å². The molecule has 0 bridgehead atoms. The van der Waals surface area contributed by atoms with Crippen molar-refractivity contribution in [2.75, 3.05) is 14.1 Å². The Kier molecular flexibility index (Phi) is 6.18. The molecule has 0 atom stereocenters. The second kappa shape index (κ2) is 11.1. The zero-order valence-corrected chi connectivity index (χ0v) is 20.9. The zero-order valence-electron chi connectivity index (χ0n) is 25.9. The van der Waals surface area contributed by atoms with Gasteiger partial charge in [-0.15, -0.1) is 0 Å². The van der Waals surface area contributed by atoms with E-state index in [1.54, 1.807) is 12.1 Å². The molecule has 0 heterocycles. The van der Waals surface area contributed by atoms with Crippen molar-refractivity contribution in [3.8, 4) is 23.0 Å². The third-order valence-electron chi connectivity index (χ3n) is 5.52. The van der Waals surface area contributed by atoms with Gasteiger partial charge < -0.3 is 24.1 Å². The second-order valence-electron chi connectivity index (χ2n) is 9.14. The number of phenols is 1. The first-order chi connectivity index (χ1) is 18.1. The third kappa shape index (κ3) is 7.28. The molecule has 0 radical (unpaired) electrons. The molecule has 2 N–H and O–H groups in total. The van der Waals surface area contributed by atoms with Crippen LogP contribution in [-0.4, -0.2) is 38.4 Å². The van der Waals surface area contributed by atoms with Gasteiger partial charge in [-0.05, 0) is 65.7 Å². The number of hydrogen-bond donors (Lipinski definition) is 2. The molecule has 2 rings (SSSR count). The number of phenolic OH excluding ortho intramolecular Hbond substituents is 1. The fraction of sp³-hybridized carbons (Fsp3) is 0.296. The fourth-order valence-corrected chi connectivity index (χ4v) is 3.56. The summed E-state index contributed by atoms with van der Waals surface area (Å²) in [6, 6.07) is 8.69. The van der Waals surface area contributed by atoms with Crippen molar-refractivity contribution in [1.29, 1.82) is 0 Å². The van der Waals surface area contributed by atoms with Crippen molar-refractivity contribution in [3.05, 3.63) is 71.5 Å². The molecule has 0 saturated carbocycles. The number of benzene rings is 2. The molecule has 0 unspecified atom stereocenters. The Morgan fingerprint density at radius 1 is 0.941 bits per heavy atom. The van der Waals surface area contributed by atoms with E-state index in [0.29, 0.717) is 16.9 Å². The maximum atomic E-state index is 12.3. The summed E-state index contributed by atoms with van der Waals surface area (Å²) in [7, 11) is -7.75. The number of aromatic hydroxyl groups is 1. The van der Waals surface area contributed by atoms with Gasteiger partial charge in [0.05, 0.1) is 22.3 Å². The van der Waals surface area contributed by atoms with Gasteiger partial charge in [-0.1, -0.05) is 45.1 Å². The SMILES string of the molecule is [2H]C([2H])([2H])Oc1cc(/C=C/C(=O)/C=C(O)/C=C/c2ccc(O[Si](C)(C)C(C)(C)C)c(OC([2H])([2H])[2H])c2)ccc1O. The topological polar surface area (TPSA) is 85.2 Å². The molecule has 182 valence electrons. The number of carbonyl (C=O) groups excluding carboxylic acids is 1. The standard InChI is InChI=1S/C27H34O6Si/c1-27(2,3)34(6,7)33-24-15-11-20(17-26(24)32-5)9-13-22(29)18-21(28)12-8-19-10-14-23(30)25(16-19)31-4/h8-18,29-30H,1-7H3/b12-8+,13-9+,22-18-/i4D3,5D3. The average molecular weight is 489 g/mol. The van der Waals surface area contributed by atoms with Crippen LogP contribution in [0.4, 0.5) is 0 Å². The summed E-state index contributed by atoms with van der Waals surface area (Å²) in [5.41, 5.74) is 0.881. The quantitative estimate of drug-likeness (QED) is 0.181. The van der Waals surface area contributed by atoms with Gasteiger partial charge in [0.1, 0.15) is 11.5 Å². The summed E-state index contributed by atoms with van der Waals surface area (Å²) in [6.45, 7) is 10.2. The Labute approximate surface area is 211 Å². The van der Waals surface area contributed by atoms with E-state index in [1.165, 1.54) is 42.5 Å². The minimum atomic E-state index is -2.76. The minimum absolute atomic E-state index is 0.0326. The molecule has 6 nitrogen and oxygen atoms in total. The van der Waals surface area contributed by atoms with Crippen LogP contribution < -0.4 is 13.9 Å². The third-order valence-corrected chi connectivity index (χ3v) is 9.86. The molecule has 0 aliphatic carbocycles. The maximum Gasteiger partial charge on any atom is 0.250 e. The molecular weight excluding hydrogens is 448 g/mol. The number of methoxy groups -OCH3 is 2. The highest BCUT2D eigenvalue weighted by Gasteiger charge is 2.39. The zero-order chi connectivity index (χ0) is 30.5. The number of rotatable bonds is 9. The highest BCUT2D eigenvalue weighted by atomic mass is 28.4. The van der Waals surface area contributed by atoms with Crippen molar-refractivity contribution < 1.29 is 37.1 Å². The van der Waals surface area contributed by atoms with E-state index in [2.05, 4.69) is 20.8 Å². The molecule has 0 saturated heterocycles. The molecule has 34 heavy (non-hydrogen) atoms. The van der Waals surface area contributed by atoms with Crippen molar-refractivity contribution >= 4 is 26.3 Å². The van der Waals surface area contributed by atoms with E-state index in [1.807, 2.05) is 13.1 Å². The maximum absolute atomic E-state index is 12.3. The average Bonchev–Trinajstić information content (AvgIpc) is 2.77. The van der Waals surface area contributed by atoms with Gasteiger partial charge in [0.2, 0.25) is 0 Å². The van der Waals surface area contributed by atoms with Crippen LogP contribution in [0.5, 0.6) is 23.0 Å². The summed E-state index contributed by atoms with van der Waals surface area (Å²) in [4.78, 5) is 12.3. The lowest BCUT2D eigenvalue weighted by Crippen LogP contribution is -2.43. The number of aliphatic hydroxyl groups excluding tert-OH is 1. The predicted molar refractivity (Wildman–Crippen MR) is 139 cm³/mol. The Balaban J connectivity index is 2.21. The predicted octanol–water partition coefficient (Wildman–Crippen LogP) is 6.53. The normalized spacial score (nSPS) is 16.2. The van der Waals surface area contributed by atoms with Gasteiger partial charge in [0.15, 0.2) is 23.0 Å². The number of ketones is 1. The number of allylic oxidation sites excluding steroid dienone is 3.